The van der Waals surface area contributed by atoms with Gasteiger partial charge in [0, 0.05) is 19.6 Å². The molecule has 0 radical (unpaired) electrons. The number of benzene rings is 2. The van der Waals surface area contributed by atoms with Crippen molar-refractivity contribution in [3.8, 4) is 0 Å². The number of aromatic amines is 1. The molecule has 0 aliphatic carbocycles. The Bertz CT molecular complexity index is 1470. The molecule has 1 heterocycles. The number of nitrogens with one attached hydrogen (secondary N) is 3. The maximum absolute atomic E-state index is 12.8. The highest BCUT2D eigenvalue weighted by atomic mass is 35.5. The van der Waals surface area contributed by atoms with Crippen molar-refractivity contribution in [2.45, 2.75) is 48.6 Å². The number of hydrogen-bond donors (Lipinski definition) is 3. The van der Waals surface area contributed by atoms with Crippen molar-refractivity contribution in [1.82, 2.24) is 19.0 Å². The van der Waals surface area contributed by atoms with E-state index in [1.165, 1.54) is 34.6 Å². The predicted octanol–water partition coefficient (Wildman–Crippen LogP) is 4.06. The van der Waals surface area contributed by atoms with Gasteiger partial charge in [-0.05, 0) is 42.8 Å². The number of fused-ring (bicyclic) bond motifs is 1. The summed E-state index contributed by atoms with van der Waals surface area (Å²) in [5.41, 5.74) is 1.28. The van der Waals surface area contributed by atoms with Crippen molar-refractivity contribution in [2.75, 3.05) is 30.7 Å². The van der Waals surface area contributed by atoms with Gasteiger partial charge < -0.3 is 10.3 Å². The first-order valence-electron chi connectivity index (χ1n) is 11.7. The molecule has 1 amide bonds. The Morgan fingerprint density at radius 3 is 2.43 bits per heavy atom. The molecule has 3 rings (SSSR count). The Morgan fingerprint density at radius 1 is 1.05 bits per heavy atom. The third kappa shape index (κ3) is 7.24. The van der Waals surface area contributed by atoms with Gasteiger partial charge in [0.15, 0.2) is 5.16 Å². The van der Waals surface area contributed by atoms with E-state index in [-0.39, 0.29) is 26.3 Å². The summed E-state index contributed by atoms with van der Waals surface area (Å²) in [6.07, 6.45) is 1.62. The van der Waals surface area contributed by atoms with Crippen molar-refractivity contribution in [1.29, 1.82) is 0 Å². The van der Waals surface area contributed by atoms with Crippen LogP contribution in [0.4, 0.5) is 5.69 Å². The largest absolute Gasteiger partial charge is 0.333 e. The molecule has 0 spiro atoms. The summed E-state index contributed by atoms with van der Waals surface area (Å²) in [5.74, 6) is -0.444. The number of sulfonamides is 2. The van der Waals surface area contributed by atoms with Gasteiger partial charge >= 0.3 is 0 Å². The molecule has 3 N–H and O–H groups in total. The van der Waals surface area contributed by atoms with Crippen molar-refractivity contribution >= 4 is 66.0 Å². The van der Waals surface area contributed by atoms with Gasteiger partial charge in [-0.1, -0.05) is 50.6 Å². The summed E-state index contributed by atoms with van der Waals surface area (Å²) in [6.45, 7) is 6.48. The van der Waals surface area contributed by atoms with Crippen molar-refractivity contribution in [2.24, 2.45) is 0 Å². The second-order valence-corrected chi connectivity index (χ2v) is 13.1. The highest BCUT2D eigenvalue weighted by molar-refractivity contribution is 7.99. The lowest BCUT2D eigenvalue weighted by Gasteiger charge is -2.19. The number of unbranched alkanes of at least 4 members (excludes halogenated alkanes) is 1. The number of anilines is 1. The van der Waals surface area contributed by atoms with Crippen molar-refractivity contribution in [3.63, 3.8) is 0 Å². The average Bonchev–Trinajstić information content (AvgIpc) is 3.27. The zero-order valence-corrected chi connectivity index (χ0v) is 24.0. The summed E-state index contributed by atoms with van der Waals surface area (Å²) < 4.78 is 54.4. The number of carbonyl (C=O) groups excluding carboxylic acids is 1. The molecule has 1 aromatic heterocycles. The first-order chi connectivity index (χ1) is 17.5. The number of hydrogen-bond acceptors (Lipinski definition) is 7. The Hall–Kier alpha value is -2.16. The number of rotatable bonds is 13. The second-order valence-electron chi connectivity index (χ2n) is 8.04. The third-order valence-corrected chi connectivity index (χ3v) is 10.2. The van der Waals surface area contributed by atoms with Crippen LogP contribution in [0.1, 0.15) is 33.6 Å². The van der Waals surface area contributed by atoms with E-state index in [9.17, 15) is 21.6 Å². The molecular weight excluding hydrogens is 558 g/mol. The molecule has 0 unspecified atom stereocenters. The van der Waals surface area contributed by atoms with Gasteiger partial charge in [-0.25, -0.2) is 26.5 Å². The lowest BCUT2D eigenvalue weighted by Crippen LogP contribution is -2.30. The summed E-state index contributed by atoms with van der Waals surface area (Å²) in [4.78, 5) is 20.2. The molecule has 3 aromatic rings. The Balaban J connectivity index is 1.69. The van der Waals surface area contributed by atoms with E-state index in [1.54, 1.807) is 19.9 Å². The number of thioether (sulfide) groups is 1. The van der Waals surface area contributed by atoms with Gasteiger partial charge in [-0.3, -0.25) is 4.79 Å². The molecule has 0 fully saturated rings. The quantitative estimate of drug-likeness (QED) is 0.202. The SMILES string of the molecule is CCCCNS(=O)(=O)c1ccc2nc(SCC(=O)Nc3cc(S(=O)(=O)N(CC)CC)ccc3Cl)[nH]c2c1. The van der Waals surface area contributed by atoms with E-state index in [1.807, 2.05) is 6.92 Å². The number of imidazole rings is 1. The Kier molecular flexibility index (Phi) is 10.0. The van der Waals surface area contributed by atoms with Crippen LogP contribution < -0.4 is 10.0 Å². The van der Waals surface area contributed by atoms with Crippen LogP contribution in [0.3, 0.4) is 0 Å². The van der Waals surface area contributed by atoms with Crippen LogP contribution in [0.25, 0.3) is 11.0 Å². The summed E-state index contributed by atoms with van der Waals surface area (Å²) in [5, 5.41) is 3.29. The summed E-state index contributed by atoms with van der Waals surface area (Å²) >= 11 is 7.32. The van der Waals surface area contributed by atoms with Crippen LogP contribution in [0.15, 0.2) is 51.3 Å². The van der Waals surface area contributed by atoms with Crippen molar-refractivity contribution < 1.29 is 21.6 Å². The van der Waals surface area contributed by atoms with Crippen molar-refractivity contribution in [3.05, 3.63) is 41.4 Å². The van der Waals surface area contributed by atoms with Gasteiger partial charge in [0.25, 0.3) is 0 Å². The minimum Gasteiger partial charge on any atom is -0.333 e. The fraction of sp³-hybridized carbons (Fsp3) is 0.391. The van der Waals surface area contributed by atoms with Gasteiger partial charge in [-0.2, -0.15) is 4.31 Å². The van der Waals surface area contributed by atoms with Crippen LogP contribution in [-0.2, 0) is 24.8 Å². The molecule has 0 bridgehead atoms. The molecule has 202 valence electrons. The fourth-order valence-corrected chi connectivity index (χ4v) is 6.90. The van der Waals surface area contributed by atoms with E-state index in [0.717, 1.165) is 24.6 Å². The molecule has 0 aliphatic heterocycles. The summed E-state index contributed by atoms with van der Waals surface area (Å²) in [7, 11) is -7.34. The fourth-order valence-electron chi connectivity index (χ4n) is 3.46. The van der Waals surface area contributed by atoms with Crippen LogP contribution in [0.2, 0.25) is 5.02 Å². The van der Waals surface area contributed by atoms with Crippen LogP contribution >= 0.6 is 23.4 Å². The first-order valence-corrected chi connectivity index (χ1v) is 16.0. The maximum Gasteiger partial charge on any atom is 0.243 e. The first kappa shape index (κ1) is 29.4. The molecule has 0 saturated heterocycles. The summed E-state index contributed by atoms with van der Waals surface area (Å²) in [6, 6.07) is 8.77. The Morgan fingerprint density at radius 2 is 1.76 bits per heavy atom. The molecule has 0 aliphatic rings. The predicted molar refractivity (Wildman–Crippen MR) is 147 cm³/mol. The monoisotopic (exact) mass is 587 g/mol. The highest BCUT2D eigenvalue weighted by Crippen LogP contribution is 2.28. The highest BCUT2D eigenvalue weighted by Gasteiger charge is 2.23. The smallest absolute Gasteiger partial charge is 0.243 e. The zero-order chi connectivity index (χ0) is 27.2. The number of carbonyl (C=O) groups is 1. The lowest BCUT2D eigenvalue weighted by atomic mass is 10.3. The van der Waals surface area contributed by atoms with E-state index in [0.29, 0.717) is 35.8 Å². The minimum atomic E-state index is -3.71. The average molecular weight is 588 g/mol. The number of H-pyrrole nitrogens is 1. The van der Waals surface area contributed by atoms with E-state index in [2.05, 4.69) is 20.0 Å². The number of halogens is 1. The topological polar surface area (TPSA) is 141 Å². The molecule has 0 atom stereocenters. The van der Waals surface area contributed by atoms with Gasteiger partial charge in [-0.15, -0.1) is 0 Å². The van der Waals surface area contributed by atoms with E-state index in [4.69, 9.17) is 11.6 Å². The number of nitrogens with zero attached hydrogens (tertiary/aromatic N) is 2. The van der Waals surface area contributed by atoms with Gasteiger partial charge in [0.1, 0.15) is 0 Å². The zero-order valence-electron chi connectivity index (χ0n) is 20.7. The number of aromatic nitrogens is 2. The lowest BCUT2D eigenvalue weighted by molar-refractivity contribution is -0.113. The van der Waals surface area contributed by atoms with Gasteiger partial charge in [0.05, 0.1) is 37.3 Å². The molecule has 2 aromatic carbocycles. The van der Waals surface area contributed by atoms with E-state index < -0.39 is 26.0 Å². The molecule has 10 nitrogen and oxygen atoms in total. The Labute approximate surface area is 226 Å². The molecule has 14 heteroatoms. The molecule has 0 saturated carbocycles. The van der Waals surface area contributed by atoms with Crippen LogP contribution in [0, 0.1) is 0 Å². The normalized spacial score (nSPS) is 12.4. The second kappa shape index (κ2) is 12.6. The van der Waals surface area contributed by atoms with Crippen LogP contribution in [-0.4, -0.2) is 62.4 Å². The maximum atomic E-state index is 12.8. The molecular formula is C23H30ClN5O5S3. The van der Waals surface area contributed by atoms with E-state index >= 15 is 0 Å². The molecule has 37 heavy (non-hydrogen) atoms. The third-order valence-electron chi connectivity index (χ3n) is 5.46. The minimum absolute atomic E-state index is 0.0348. The number of amides is 1. The standard InChI is InChI=1S/C23H30ClN5O5S3/c1-4-7-12-25-36(31,32)16-9-11-19-21(13-16)28-23(27-19)35-15-22(30)26-20-14-17(8-10-18(20)24)37(33,34)29(5-2)6-3/h8-11,13-14,25H,4-7,12,15H2,1-3H3,(H,26,30)(H,27,28). The van der Waals surface area contributed by atoms with Crippen LogP contribution in [0.5, 0.6) is 0 Å². The van der Waals surface area contributed by atoms with Gasteiger partial charge in [0.2, 0.25) is 26.0 Å².